The van der Waals surface area contributed by atoms with Crippen molar-refractivity contribution >= 4 is 17.5 Å². The van der Waals surface area contributed by atoms with Gasteiger partial charge in [0.15, 0.2) is 0 Å². The monoisotopic (exact) mass is 388 g/mol. The number of rotatable bonds is 5. The van der Waals surface area contributed by atoms with Crippen LogP contribution in [0, 0.1) is 6.92 Å². The first-order valence-electron chi connectivity index (χ1n) is 9.64. The fourth-order valence-corrected chi connectivity index (χ4v) is 3.42. The van der Waals surface area contributed by atoms with Crippen molar-refractivity contribution in [1.29, 1.82) is 0 Å². The summed E-state index contributed by atoms with van der Waals surface area (Å²) in [6, 6.07) is 15.7. The SMILES string of the molecule is Cc1cc(C2NNc3cc(NC(=O)NC[C@H](C)c4ccccc4)ncc32)ccn1. The molecule has 1 aromatic carbocycles. The zero-order valence-corrected chi connectivity index (χ0v) is 16.4. The predicted octanol–water partition coefficient (Wildman–Crippen LogP) is 3.73. The summed E-state index contributed by atoms with van der Waals surface area (Å²) in [7, 11) is 0. The van der Waals surface area contributed by atoms with Crippen molar-refractivity contribution in [3.63, 3.8) is 0 Å². The van der Waals surface area contributed by atoms with E-state index in [4.69, 9.17) is 0 Å². The van der Waals surface area contributed by atoms with E-state index in [0.29, 0.717) is 12.4 Å². The number of nitrogens with one attached hydrogen (secondary N) is 4. The molecule has 0 radical (unpaired) electrons. The number of carbonyl (C=O) groups excluding carboxylic acids is 1. The van der Waals surface area contributed by atoms with Crippen molar-refractivity contribution in [2.24, 2.45) is 0 Å². The van der Waals surface area contributed by atoms with E-state index in [1.165, 1.54) is 5.56 Å². The molecule has 0 saturated carbocycles. The van der Waals surface area contributed by atoms with Crippen molar-refractivity contribution in [3.05, 3.63) is 83.3 Å². The lowest BCUT2D eigenvalue weighted by atomic mass is 10.0. The molecular weight excluding hydrogens is 364 g/mol. The zero-order chi connectivity index (χ0) is 20.2. The lowest BCUT2D eigenvalue weighted by Gasteiger charge is -2.14. The largest absolute Gasteiger partial charge is 0.337 e. The van der Waals surface area contributed by atoms with Crippen LogP contribution in [0.3, 0.4) is 0 Å². The molecular formula is C22H24N6O. The molecule has 2 aromatic heterocycles. The third-order valence-electron chi connectivity index (χ3n) is 5.03. The zero-order valence-electron chi connectivity index (χ0n) is 16.4. The first-order chi connectivity index (χ1) is 14.1. The van der Waals surface area contributed by atoms with Crippen molar-refractivity contribution < 1.29 is 4.79 Å². The Bertz CT molecular complexity index is 1010. The number of urea groups is 1. The number of anilines is 2. The van der Waals surface area contributed by atoms with Gasteiger partial charge in [-0.1, -0.05) is 37.3 Å². The van der Waals surface area contributed by atoms with Crippen molar-refractivity contribution in [2.75, 3.05) is 17.3 Å². The highest BCUT2D eigenvalue weighted by Crippen LogP contribution is 2.33. The van der Waals surface area contributed by atoms with Gasteiger partial charge in [-0.3, -0.25) is 10.3 Å². The Hall–Kier alpha value is -3.45. The second kappa shape index (κ2) is 8.28. The number of hydrogen-bond acceptors (Lipinski definition) is 5. The molecule has 0 spiro atoms. The molecule has 0 bridgehead atoms. The minimum absolute atomic E-state index is 0.00574. The highest BCUT2D eigenvalue weighted by molar-refractivity contribution is 5.89. The first kappa shape index (κ1) is 18.9. The number of benzene rings is 1. The maximum absolute atomic E-state index is 12.3. The van der Waals surface area contributed by atoms with E-state index in [1.54, 1.807) is 12.4 Å². The quantitative estimate of drug-likeness (QED) is 0.535. The summed E-state index contributed by atoms with van der Waals surface area (Å²) in [6.45, 7) is 4.60. The summed E-state index contributed by atoms with van der Waals surface area (Å²) in [5.74, 6) is 0.722. The highest BCUT2D eigenvalue weighted by Gasteiger charge is 2.24. The molecule has 0 saturated heterocycles. The van der Waals surface area contributed by atoms with Gasteiger partial charge in [0, 0.05) is 36.3 Å². The van der Waals surface area contributed by atoms with Crippen LogP contribution in [0.5, 0.6) is 0 Å². The molecule has 0 fully saturated rings. The van der Waals surface area contributed by atoms with Gasteiger partial charge in [0.25, 0.3) is 0 Å². The number of hydrogen-bond donors (Lipinski definition) is 4. The number of aromatic nitrogens is 2. The molecule has 2 amide bonds. The summed E-state index contributed by atoms with van der Waals surface area (Å²) in [5, 5.41) is 5.71. The van der Waals surface area contributed by atoms with Crippen LogP contribution >= 0.6 is 0 Å². The summed E-state index contributed by atoms with van der Waals surface area (Å²) < 4.78 is 0. The highest BCUT2D eigenvalue weighted by atomic mass is 16.2. The normalized spacial score (nSPS) is 15.9. The van der Waals surface area contributed by atoms with E-state index in [0.717, 1.165) is 22.5 Å². The molecule has 3 aromatic rings. The van der Waals surface area contributed by atoms with Gasteiger partial charge < -0.3 is 10.7 Å². The van der Waals surface area contributed by atoms with Gasteiger partial charge in [-0.25, -0.2) is 15.2 Å². The van der Waals surface area contributed by atoms with Gasteiger partial charge in [-0.15, -0.1) is 0 Å². The Labute approximate surface area is 169 Å². The van der Waals surface area contributed by atoms with Crippen LogP contribution in [0.4, 0.5) is 16.3 Å². The van der Waals surface area contributed by atoms with E-state index >= 15 is 0 Å². The fraction of sp³-hybridized carbons (Fsp3) is 0.227. The molecule has 1 unspecified atom stereocenters. The molecule has 4 rings (SSSR count). The van der Waals surface area contributed by atoms with E-state index < -0.39 is 0 Å². The van der Waals surface area contributed by atoms with E-state index in [1.807, 2.05) is 43.3 Å². The van der Waals surface area contributed by atoms with Crippen molar-refractivity contribution in [2.45, 2.75) is 25.8 Å². The third kappa shape index (κ3) is 4.35. The average molecular weight is 388 g/mol. The Balaban J connectivity index is 1.38. The average Bonchev–Trinajstić information content (AvgIpc) is 3.16. The molecule has 1 aliphatic rings. The minimum Gasteiger partial charge on any atom is -0.337 e. The second-order valence-electron chi connectivity index (χ2n) is 7.24. The van der Waals surface area contributed by atoms with Crippen LogP contribution in [-0.2, 0) is 0 Å². The minimum atomic E-state index is -0.271. The number of hydrazine groups is 1. The molecule has 4 N–H and O–H groups in total. The number of pyridine rings is 2. The molecule has 0 aliphatic carbocycles. The van der Waals surface area contributed by atoms with Gasteiger partial charge in [0.2, 0.25) is 0 Å². The topological polar surface area (TPSA) is 91.0 Å². The van der Waals surface area contributed by atoms with Crippen LogP contribution in [0.2, 0.25) is 0 Å². The maximum atomic E-state index is 12.3. The molecule has 2 atom stereocenters. The Morgan fingerprint density at radius 2 is 2.00 bits per heavy atom. The van der Waals surface area contributed by atoms with Crippen LogP contribution in [0.1, 0.15) is 41.3 Å². The fourth-order valence-electron chi connectivity index (χ4n) is 3.42. The van der Waals surface area contributed by atoms with Gasteiger partial charge in [-0.2, -0.15) is 0 Å². The third-order valence-corrected chi connectivity index (χ3v) is 5.03. The second-order valence-corrected chi connectivity index (χ2v) is 7.24. The number of fused-ring (bicyclic) bond motifs is 1. The number of carbonyl (C=O) groups is 1. The number of amides is 2. The van der Waals surface area contributed by atoms with Crippen molar-refractivity contribution in [1.82, 2.24) is 20.7 Å². The molecule has 7 heteroatoms. The van der Waals surface area contributed by atoms with E-state index in [-0.39, 0.29) is 18.0 Å². The molecule has 3 heterocycles. The van der Waals surface area contributed by atoms with Gasteiger partial charge >= 0.3 is 6.03 Å². The Morgan fingerprint density at radius 3 is 2.79 bits per heavy atom. The van der Waals surface area contributed by atoms with Crippen LogP contribution in [0.15, 0.2) is 60.9 Å². The summed E-state index contributed by atoms with van der Waals surface area (Å²) in [4.78, 5) is 20.9. The first-order valence-corrected chi connectivity index (χ1v) is 9.64. The van der Waals surface area contributed by atoms with E-state index in [2.05, 4.69) is 50.5 Å². The summed E-state index contributed by atoms with van der Waals surface area (Å²) in [5.41, 5.74) is 11.6. The van der Waals surface area contributed by atoms with Crippen molar-refractivity contribution in [3.8, 4) is 0 Å². The van der Waals surface area contributed by atoms with Gasteiger partial charge in [0.05, 0.1) is 11.7 Å². The Kier molecular flexibility index (Phi) is 5.39. The molecule has 148 valence electrons. The predicted molar refractivity (Wildman–Crippen MR) is 114 cm³/mol. The molecule has 1 aliphatic heterocycles. The van der Waals surface area contributed by atoms with E-state index in [9.17, 15) is 4.79 Å². The lowest BCUT2D eigenvalue weighted by molar-refractivity contribution is 0.251. The summed E-state index contributed by atoms with van der Waals surface area (Å²) >= 11 is 0. The number of aryl methyl sites for hydroxylation is 1. The smallest absolute Gasteiger partial charge is 0.320 e. The molecule has 29 heavy (non-hydrogen) atoms. The Morgan fingerprint density at radius 1 is 1.17 bits per heavy atom. The summed E-state index contributed by atoms with van der Waals surface area (Å²) in [6.07, 6.45) is 3.58. The van der Waals surface area contributed by atoms with Crippen LogP contribution < -0.4 is 21.5 Å². The van der Waals surface area contributed by atoms with Gasteiger partial charge in [-0.05, 0) is 36.1 Å². The van der Waals surface area contributed by atoms with Gasteiger partial charge in [0.1, 0.15) is 5.82 Å². The van der Waals surface area contributed by atoms with Crippen LogP contribution in [-0.4, -0.2) is 22.5 Å². The lowest BCUT2D eigenvalue weighted by Crippen LogP contribution is -2.32. The number of nitrogens with zero attached hydrogens (tertiary/aromatic N) is 2. The van der Waals surface area contributed by atoms with Crippen LogP contribution in [0.25, 0.3) is 0 Å². The maximum Gasteiger partial charge on any atom is 0.320 e. The standard InChI is InChI=1S/C22H24N6O/c1-14(16-6-4-3-5-7-16)12-25-22(29)26-20-11-19-18(13-24-20)21(28-27-19)17-8-9-23-15(2)10-17/h3-11,13-14,21,27-28H,12H2,1-2H3,(H2,24,25,26,29)/t14-,21?/m0/s1. The molecule has 7 nitrogen and oxygen atoms in total.